The SMILES string of the molecule is COc1cc2c(cc1OC)CN(S(=O)(=O)Cc1ccc(F)cc1)C(C)C2. The van der Waals surface area contributed by atoms with Gasteiger partial charge in [-0.3, -0.25) is 0 Å². The molecule has 1 aliphatic heterocycles. The number of sulfonamides is 1. The zero-order chi connectivity index (χ0) is 18.9. The second-order valence-corrected chi connectivity index (χ2v) is 8.38. The highest BCUT2D eigenvalue weighted by molar-refractivity contribution is 7.88. The predicted molar refractivity (Wildman–Crippen MR) is 97.3 cm³/mol. The molecule has 0 spiro atoms. The number of ether oxygens (including phenoxy) is 2. The van der Waals surface area contributed by atoms with Gasteiger partial charge in [-0.1, -0.05) is 12.1 Å². The van der Waals surface area contributed by atoms with Gasteiger partial charge in [-0.25, -0.2) is 12.8 Å². The van der Waals surface area contributed by atoms with Crippen LogP contribution in [-0.4, -0.2) is 33.0 Å². The summed E-state index contributed by atoms with van der Waals surface area (Å²) >= 11 is 0. The number of halogens is 1. The van der Waals surface area contributed by atoms with Crippen molar-refractivity contribution in [2.75, 3.05) is 14.2 Å². The molecule has 0 N–H and O–H groups in total. The maximum absolute atomic E-state index is 13.1. The number of hydrogen-bond donors (Lipinski definition) is 0. The largest absolute Gasteiger partial charge is 0.493 e. The van der Waals surface area contributed by atoms with E-state index in [1.54, 1.807) is 14.2 Å². The normalized spacial score (nSPS) is 17.6. The number of fused-ring (bicyclic) bond motifs is 1. The molecular formula is C19H22FNO4S. The Morgan fingerprint density at radius 1 is 1.08 bits per heavy atom. The lowest BCUT2D eigenvalue weighted by atomic mass is 9.96. The molecule has 2 aromatic rings. The van der Waals surface area contributed by atoms with Crippen LogP contribution in [-0.2, 0) is 28.7 Å². The van der Waals surface area contributed by atoms with Crippen LogP contribution >= 0.6 is 0 Å². The van der Waals surface area contributed by atoms with E-state index in [9.17, 15) is 12.8 Å². The van der Waals surface area contributed by atoms with E-state index in [-0.39, 0.29) is 24.2 Å². The van der Waals surface area contributed by atoms with Crippen LogP contribution in [0.25, 0.3) is 0 Å². The van der Waals surface area contributed by atoms with Crippen LogP contribution in [0, 0.1) is 5.82 Å². The van der Waals surface area contributed by atoms with E-state index in [2.05, 4.69) is 0 Å². The molecule has 26 heavy (non-hydrogen) atoms. The van der Waals surface area contributed by atoms with Crippen LogP contribution in [0.4, 0.5) is 4.39 Å². The maximum Gasteiger partial charge on any atom is 0.218 e. The molecule has 0 amide bonds. The Kier molecular flexibility index (Phi) is 5.20. The third-order valence-electron chi connectivity index (χ3n) is 4.66. The number of benzene rings is 2. The van der Waals surface area contributed by atoms with Crippen molar-refractivity contribution >= 4 is 10.0 Å². The highest BCUT2D eigenvalue weighted by Gasteiger charge is 2.33. The molecule has 0 saturated heterocycles. The van der Waals surface area contributed by atoms with Crippen molar-refractivity contribution in [3.05, 3.63) is 58.9 Å². The smallest absolute Gasteiger partial charge is 0.218 e. The van der Waals surface area contributed by atoms with E-state index in [0.717, 1.165) is 11.1 Å². The summed E-state index contributed by atoms with van der Waals surface area (Å²) in [6.45, 7) is 2.17. The monoisotopic (exact) mass is 379 g/mol. The number of nitrogens with zero attached hydrogens (tertiary/aromatic N) is 1. The fourth-order valence-electron chi connectivity index (χ4n) is 3.29. The van der Waals surface area contributed by atoms with Crippen LogP contribution in [0.3, 0.4) is 0 Å². The van der Waals surface area contributed by atoms with Crippen LogP contribution in [0.15, 0.2) is 36.4 Å². The Labute approximate surface area is 153 Å². The molecule has 0 saturated carbocycles. The van der Waals surface area contributed by atoms with E-state index >= 15 is 0 Å². The van der Waals surface area contributed by atoms with E-state index < -0.39 is 10.0 Å². The lowest BCUT2D eigenvalue weighted by Gasteiger charge is -2.34. The second-order valence-electron chi connectivity index (χ2n) is 6.46. The first-order valence-electron chi connectivity index (χ1n) is 8.32. The van der Waals surface area contributed by atoms with E-state index in [1.165, 1.54) is 28.6 Å². The number of rotatable bonds is 5. The third kappa shape index (κ3) is 3.68. The standard InChI is InChI=1S/C19H22FNO4S/c1-13-8-15-9-18(24-2)19(25-3)10-16(15)11-21(13)26(22,23)12-14-4-6-17(20)7-5-14/h4-7,9-10,13H,8,11-12H2,1-3H3. The quantitative estimate of drug-likeness (QED) is 0.801. The molecule has 0 aromatic heterocycles. The van der Waals surface area contributed by atoms with Crippen LogP contribution in [0.1, 0.15) is 23.6 Å². The average Bonchev–Trinajstić information content (AvgIpc) is 2.61. The molecule has 2 aromatic carbocycles. The second kappa shape index (κ2) is 7.25. The third-order valence-corrected chi connectivity index (χ3v) is 6.56. The number of hydrogen-bond acceptors (Lipinski definition) is 4. The zero-order valence-electron chi connectivity index (χ0n) is 15.0. The first kappa shape index (κ1) is 18.7. The van der Waals surface area contributed by atoms with Gasteiger partial charge in [0.25, 0.3) is 0 Å². The fourth-order valence-corrected chi connectivity index (χ4v) is 5.03. The van der Waals surface area contributed by atoms with Crippen LogP contribution < -0.4 is 9.47 Å². The summed E-state index contributed by atoms with van der Waals surface area (Å²) in [5.74, 6) is 0.686. The molecule has 0 radical (unpaired) electrons. The molecule has 1 heterocycles. The van der Waals surface area contributed by atoms with Gasteiger partial charge in [0.2, 0.25) is 10.0 Å². The molecular weight excluding hydrogens is 357 g/mol. The van der Waals surface area contributed by atoms with Crippen molar-refractivity contribution in [1.29, 1.82) is 0 Å². The molecule has 0 fully saturated rings. The van der Waals surface area contributed by atoms with Crippen molar-refractivity contribution in [1.82, 2.24) is 4.31 Å². The van der Waals surface area contributed by atoms with Crippen molar-refractivity contribution in [3.63, 3.8) is 0 Å². The Bertz CT molecular complexity index is 897. The van der Waals surface area contributed by atoms with Gasteiger partial charge in [0.15, 0.2) is 11.5 Å². The van der Waals surface area contributed by atoms with Gasteiger partial charge in [0.1, 0.15) is 5.82 Å². The van der Waals surface area contributed by atoms with Gasteiger partial charge in [-0.05, 0) is 54.3 Å². The molecule has 1 aliphatic rings. The van der Waals surface area contributed by atoms with Gasteiger partial charge >= 0.3 is 0 Å². The lowest BCUT2D eigenvalue weighted by molar-refractivity contribution is 0.304. The average molecular weight is 379 g/mol. The first-order chi connectivity index (χ1) is 12.3. The minimum absolute atomic E-state index is 0.153. The predicted octanol–water partition coefficient (Wildman–Crippen LogP) is 3.12. The van der Waals surface area contributed by atoms with Gasteiger partial charge in [-0.15, -0.1) is 0 Å². The van der Waals surface area contributed by atoms with E-state index in [4.69, 9.17) is 9.47 Å². The molecule has 0 bridgehead atoms. The van der Waals surface area contributed by atoms with Gasteiger partial charge in [-0.2, -0.15) is 4.31 Å². The summed E-state index contributed by atoms with van der Waals surface area (Å²) < 4.78 is 51.0. The fraction of sp³-hybridized carbons (Fsp3) is 0.368. The molecule has 5 nitrogen and oxygen atoms in total. The molecule has 3 rings (SSSR count). The summed E-state index contributed by atoms with van der Waals surface area (Å²) in [6, 6.07) is 9.13. The summed E-state index contributed by atoms with van der Waals surface area (Å²) in [5, 5.41) is 0. The van der Waals surface area contributed by atoms with Gasteiger partial charge in [0.05, 0.1) is 20.0 Å². The molecule has 0 aliphatic carbocycles. The van der Waals surface area contributed by atoms with E-state index in [0.29, 0.717) is 23.5 Å². The minimum atomic E-state index is -3.54. The first-order valence-corrected chi connectivity index (χ1v) is 9.92. The maximum atomic E-state index is 13.1. The van der Waals surface area contributed by atoms with E-state index in [1.807, 2.05) is 19.1 Å². The summed E-state index contributed by atoms with van der Waals surface area (Å²) in [5.41, 5.74) is 2.53. The Hall–Kier alpha value is -2.12. The number of methoxy groups -OCH3 is 2. The van der Waals surface area contributed by atoms with Gasteiger partial charge < -0.3 is 9.47 Å². The Morgan fingerprint density at radius 3 is 2.23 bits per heavy atom. The summed E-state index contributed by atoms with van der Waals surface area (Å²) in [7, 11) is -0.404. The highest BCUT2D eigenvalue weighted by Crippen LogP contribution is 2.35. The molecule has 1 unspecified atom stereocenters. The summed E-state index contributed by atoms with van der Waals surface area (Å²) in [4.78, 5) is 0. The Balaban J connectivity index is 1.88. The summed E-state index contributed by atoms with van der Waals surface area (Å²) in [6.07, 6.45) is 0.596. The zero-order valence-corrected chi connectivity index (χ0v) is 15.8. The van der Waals surface area contributed by atoms with Crippen LogP contribution in [0.2, 0.25) is 0 Å². The molecule has 140 valence electrons. The van der Waals surface area contributed by atoms with Crippen molar-refractivity contribution < 1.29 is 22.3 Å². The van der Waals surface area contributed by atoms with Crippen molar-refractivity contribution in [2.24, 2.45) is 0 Å². The van der Waals surface area contributed by atoms with Gasteiger partial charge in [0, 0.05) is 12.6 Å². The van der Waals surface area contributed by atoms with Crippen molar-refractivity contribution in [2.45, 2.75) is 31.7 Å². The molecule has 7 heteroatoms. The minimum Gasteiger partial charge on any atom is -0.493 e. The van der Waals surface area contributed by atoms with Crippen molar-refractivity contribution in [3.8, 4) is 11.5 Å². The van der Waals surface area contributed by atoms with Crippen LogP contribution in [0.5, 0.6) is 11.5 Å². The lowest BCUT2D eigenvalue weighted by Crippen LogP contribution is -2.43. The molecule has 1 atom stereocenters. The highest BCUT2D eigenvalue weighted by atomic mass is 32.2. The topological polar surface area (TPSA) is 55.8 Å². The Morgan fingerprint density at radius 2 is 1.65 bits per heavy atom.